The van der Waals surface area contributed by atoms with Gasteiger partial charge in [-0.25, -0.2) is 9.97 Å². The molecule has 0 aliphatic carbocycles. The van der Waals surface area contributed by atoms with E-state index in [2.05, 4.69) is 39.9 Å². The van der Waals surface area contributed by atoms with Gasteiger partial charge in [0.05, 0.1) is 24.0 Å². The molecule has 0 bridgehead atoms. The normalized spacial score (nSPS) is 8.33. The third-order valence-corrected chi connectivity index (χ3v) is 2.44. The third kappa shape index (κ3) is 5.79. The average molecular weight is 384 g/mol. The number of aromatic nitrogens is 8. The topological polar surface area (TPSA) is 206 Å². The summed E-state index contributed by atoms with van der Waals surface area (Å²) in [4.78, 5) is 29.2. The minimum Gasteiger partial charge on any atom is -0.449 e. The van der Waals surface area contributed by atoms with Crippen LogP contribution in [0.15, 0.2) is 50.1 Å². The van der Waals surface area contributed by atoms with Crippen molar-refractivity contribution in [2.45, 2.75) is 0 Å². The molecule has 4 aromatic heterocycles. The minimum absolute atomic E-state index is 0. The number of nitrogens with one attached hydrogen (secondary N) is 2. The van der Waals surface area contributed by atoms with E-state index in [-0.39, 0.29) is 33.5 Å². The van der Waals surface area contributed by atoms with Gasteiger partial charge < -0.3 is 46.3 Å². The number of nitrogens with zero attached hydrogens (tertiary/aromatic N) is 6. The van der Waals surface area contributed by atoms with Crippen molar-refractivity contribution in [2.75, 3.05) is 0 Å². The second kappa shape index (κ2) is 11.8. The van der Waals surface area contributed by atoms with Crippen LogP contribution in [0.3, 0.4) is 0 Å². The molecule has 0 spiro atoms. The van der Waals surface area contributed by atoms with Crippen molar-refractivity contribution < 1.29 is 33.5 Å². The molecule has 0 fully saturated rings. The Kier molecular flexibility index (Phi) is 11.5. The fourth-order valence-corrected chi connectivity index (χ4v) is 1.53. The zero-order valence-corrected chi connectivity index (χ0v) is 13.0. The SMILES string of the molecule is O.O.O.[Cu+2].c1ncc(-c2c[nH]cn2)[n-]1.c1ncc(-c2c[nH]cn2)[n-]1. The Morgan fingerprint density at radius 3 is 1.38 bits per heavy atom. The molecule has 24 heavy (non-hydrogen) atoms. The molecule has 0 aliphatic rings. The Balaban J connectivity index is 0. The summed E-state index contributed by atoms with van der Waals surface area (Å²) in [5.41, 5.74) is 3.28. The number of rotatable bonds is 2. The van der Waals surface area contributed by atoms with Crippen molar-refractivity contribution in [1.82, 2.24) is 39.9 Å². The van der Waals surface area contributed by atoms with Crippen LogP contribution < -0.4 is 9.97 Å². The summed E-state index contributed by atoms with van der Waals surface area (Å²) in [7, 11) is 0. The number of hydrogen-bond donors (Lipinski definition) is 2. The van der Waals surface area contributed by atoms with Crippen LogP contribution in [0.2, 0.25) is 0 Å². The summed E-state index contributed by atoms with van der Waals surface area (Å²) in [6.45, 7) is 0. The third-order valence-electron chi connectivity index (χ3n) is 2.44. The standard InChI is InChI=1S/2C6H5N4.Cu.3H2O/c2*1-5(9-3-7-1)6-2-8-4-10-6;;;;/h2*1-4H,(H-,7,8,9,10);;3*1H2/q2*-1;+2;;;. The molecule has 8 N–H and O–H groups in total. The molecule has 0 saturated carbocycles. The van der Waals surface area contributed by atoms with Gasteiger partial charge in [0.25, 0.3) is 0 Å². The summed E-state index contributed by atoms with van der Waals surface area (Å²) in [6.07, 6.45) is 13.2. The maximum atomic E-state index is 4.00. The van der Waals surface area contributed by atoms with Crippen LogP contribution in [0.5, 0.6) is 0 Å². The fourth-order valence-electron chi connectivity index (χ4n) is 1.53. The molecule has 0 unspecified atom stereocenters. The summed E-state index contributed by atoms with van der Waals surface area (Å²) in [6, 6.07) is 0. The first-order valence-electron chi connectivity index (χ1n) is 5.77. The van der Waals surface area contributed by atoms with Gasteiger partial charge in [0.15, 0.2) is 0 Å². The van der Waals surface area contributed by atoms with E-state index in [0.29, 0.717) is 0 Å². The molecule has 4 heterocycles. The van der Waals surface area contributed by atoms with E-state index in [1.165, 1.54) is 12.7 Å². The molecule has 12 heteroatoms. The quantitative estimate of drug-likeness (QED) is 0.388. The second-order valence-corrected chi connectivity index (χ2v) is 3.72. The summed E-state index contributed by atoms with van der Waals surface area (Å²) < 4.78 is 0. The van der Waals surface area contributed by atoms with Gasteiger partial charge in [-0.3, -0.25) is 0 Å². The monoisotopic (exact) mass is 383 g/mol. The molecule has 0 atom stereocenters. The van der Waals surface area contributed by atoms with Crippen LogP contribution in [0.25, 0.3) is 22.8 Å². The summed E-state index contributed by atoms with van der Waals surface area (Å²) in [5, 5.41) is 0. The van der Waals surface area contributed by atoms with E-state index in [9.17, 15) is 0 Å². The number of hydrogen-bond acceptors (Lipinski definition) is 4. The number of H-pyrrole nitrogens is 2. The van der Waals surface area contributed by atoms with Gasteiger partial charge in [-0.1, -0.05) is 25.0 Å². The average Bonchev–Trinajstić information content (AvgIpc) is 3.29. The van der Waals surface area contributed by atoms with E-state index < -0.39 is 0 Å². The Labute approximate surface area is 146 Å². The van der Waals surface area contributed by atoms with Gasteiger partial charge in [0, 0.05) is 12.4 Å². The van der Waals surface area contributed by atoms with Crippen molar-refractivity contribution in [1.29, 1.82) is 0 Å². The molecule has 0 amide bonds. The number of imidazole rings is 4. The second-order valence-electron chi connectivity index (χ2n) is 3.72. The van der Waals surface area contributed by atoms with Gasteiger partial charge in [0.1, 0.15) is 0 Å². The van der Waals surface area contributed by atoms with Crippen molar-refractivity contribution in [3.8, 4) is 22.8 Å². The zero-order valence-electron chi connectivity index (χ0n) is 12.1. The predicted octanol–water partition coefficient (Wildman–Crippen LogP) is -1.62. The van der Waals surface area contributed by atoms with Gasteiger partial charge in [0.2, 0.25) is 0 Å². The molecule has 0 aliphatic heterocycles. The number of aromatic amines is 2. The van der Waals surface area contributed by atoms with E-state index in [0.717, 1.165) is 22.8 Å². The first-order chi connectivity index (χ1) is 9.93. The largest absolute Gasteiger partial charge is 2.00 e. The zero-order chi connectivity index (χ0) is 13.6. The van der Waals surface area contributed by atoms with Crippen molar-refractivity contribution >= 4 is 0 Å². The van der Waals surface area contributed by atoms with E-state index >= 15 is 0 Å². The minimum atomic E-state index is 0. The van der Waals surface area contributed by atoms with Gasteiger partial charge in [-0.15, -0.1) is 0 Å². The van der Waals surface area contributed by atoms with Crippen LogP contribution in [-0.2, 0) is 17.1 Å². The van der Waals surface area contributed by atoms with Crippen molar-refractivity contribution in [2.24, 2.45) is 0 Å². The van der Waals surface area contributed by atoms with Gasteiger partial charge in [-0.05, 0) is 11.4 Å². The molecule has 4 aromatic rings. The molecule has 133 valence electrons. The maximum Gasteiger partial charge on any atom is 2.00 e. The maximum absolute atomic E-state index is 4.00. The summed E-state index contributed by atoms with van der Waals surface area (Å²) in [5.74, 6) is 0. The van der Waals surface area contributed by atoms with Crippen LogP contribution in [0.4, 0.5) is 0 Å². The molecule has 0 aromatic carbocycles. The van der Waals surface area contributed by atoms with E-state index in [1.54, 1.807) is 37.4 Å². The molecule has 11 nitrogen and oxygen atoms in total. The molecular formula is C12H16CuN8O3. The van der Waals surface area contributed by atoms with Crippen LogP contribution in [0, 0.1) is 0 Å². The van der Waals surface area contributed by atoms with Gasteiger partial charge >= 0.3 is 17.1 Å². The van der Waals surface area contributed by atoms with Crippen molar-refractivity contribution in [3.63, 3.8) is 0 Å². The molecule has 0 saturated heterocycles. The van der Waals surface area contributed by atoms with Gasteiger partial charge in [-0.2, -0.15) is 0 Å². The Bertz CT molecular complexity index is 582. The van der Waals surface area contributed by atoms with Crippen LogP contribution in [0.1, 0.15) is 0 Å². The first-order valence-corrected chi connectivity index (χ1v) is 5.77. The Morgan fingerprint density at radius 2 is 1.12 bits per heavy atom. The predicted molar refractivity (Wildman–Crippen MR) is 81.1 cm³/mol. The molecule has 4 rings (SSSR count). The Hall–Kier alpha value is -2.76. The smallest absolute Gasteiger partial charge is 0.449 e. The van der Waals surface area contributed by atoms with Crippen LogP contribution >= 0.6 is 0 Å². The fraction of sp³-hybridized carbons (Fsp3) is 0. The van der Waals surface area contributed by atoms with Crippen molar-refractivity contribution in [3.05, 3.63) is 50.1 Å². The van der Waals surface area contributed by atoms with E-state index in [4.69, 9.17) is 0 Å². The Morgan fingerprint density at radius 1 is 0.708 bits per heavy atom. The first kappa shape index (κ1) is 23.5. The van der Waals surface area contributed by atoms with Crippen LogP contribution in [-0.4, -0.2) is 46.3 Å². The molecular weight excluding hydrogens is 368 g/mol. The summed E-state index contributed by atoms with van der Waals surface area (Å²) >= 11 is 0. The van der Waals surface area contributed by atoms with E-state index in [1.807, 2.05) is 0 Å². The molecule has 1 radical (unpaired) electrons.